The first kappa shape index (κ1) is 16.0. The Morgan fingerprint density at radius 1 is 1.35 bits per heavy atom. The summed E-state index contributed by atoms with van der Waals surface area (Å²) in [5, 5.41) is 5.51. The van der Waals surface area contributed by atoms with Gasteiger partial charge in [0.1, 0.15) is 11.6 Å². The van der Waals surface area contributed by atoms with Crippen LogP contribution in [0.3, 0.4) is 0 Å². The normalized spacial score (nSPS) is 10.2. The van der Waals surface area contributed by atoms with E-state index in [1.54, 1.807) is 7.11 Å². The van der Waals surface area contributed by atoms with Crippen LogP contribution in [0.1, 0.15) is 6.42 Å². The van der Waals surface area contributed by atoms with Crippen LogP contribution >= 0.6 is 0 Å². The van der Waals surface area contributed by atoms with Crippen LogP contribution in [0.15, 0.2) is 12.1 Å². The summed E-state index contributed by atoms with van der Waals surface area (Å²) in [6, 6.07) is 2.65. The molecule has 6 nitrogen and oxygen atoms in total. The molecule has 112 valence electrons. The highest BCUT2D eigenvalue weighted by Gasteiger charge is 2.08. The van der Waals surface area contributed by atoms with Gasteiger partial charge in [-0.15, -0.1) is 0 Å². The minimum absolute atomic E-state index is 0.127. The third-order valence-corrected chi connectivity index (χ3v) is 2.62. The van der Waals surface area contributed by atoms with Crippen LogP contribution in [0.4, 0.5) is 15.8 Å². The number of nitrogen functional groups attached to an aromatic ring is 1. The van der Waals surface area contributed by atoms with Gasteiger partial charge in [0.05, 0.1) is 25.1 Å². The zero-order chi connectivity index (χ0) is 15.0. The Kier molecular flexibility index (Phi) is 6.58. The van der Waals surface area contributed by atoms with Gasteiger partial charge < -0.3 is 25.8 Å². The van der Waals surface area contributed by atoms with Crippen molar-refractivity contribution in [2.24, 2.45) is 0 Å². The molecule has 1 rings (SSSR count). The third kappa shape index (κ3) is 4.93. The van der Waals surface area contributed by atoms with Crippen LogP contribution in [0.2, 0.25) is 0 Å². The number of amides is 1. The zero-order valence-corrected chi connectivity index (χ0v) is 11.7. The minimum Gasteiger partial charge on any atom is -0.495 e. The Balaban J connectivity index is 2.44. The SMILES string of the molecule is COCCNC(=O)CCNc1cc(OC)c(N)cc1F. The molecule has 1 aromatic rings. The van der Waals surface area contributed by atoms with Crippen molar-refractivity contribution in [2.75, 3.05) is 45.0 Å². The van der Waals surface area contributed by atoms with Crippen LogP contribution in [-0.2, 0) is 9.53 Å². The fraction of sp³-hybridized carbons (Fsp3) is 0.462. The number of benzene rings is 1. The third-order valence-electron chi connectivity index (χ3n) is 2.62. The molecule has 0 aromatic heterocycles. The van der Waals surface area contributed by atoms with Crippen LogP contribution in [0.25, 0.3) is 0 Å². The lowest BCUT2D eigenvalue weighted by Gasteiger charge is -2.11. The summed E-state index contributed by atoms with van der Waals surface area (Å²) in [6.07, 6.45) is 0.232. The Bertz CT molecular complexity index is 455. The number of methoxy groups -OCH3 is 2. The number of nitrogens with one attached hydrogen (secondary N) is 2. The van der Waals surface area contributed by atoms with Crippen molar-refractivity contribution in [3.05, 3.63) is 17.9 Å². The predicted molar refractivity (Wildman–Crippen MR) is 75.4 cm³/mol. The lowest BCUT2D eigenvalue weighted by atomic mass is 10.2. The summed E-state index contributed by atoms with van der Waals surface area (Å²) >= 11 is 0. The second kappa shape index (κ2) is 8.21. The molecule has 0 fully saturated rings. The summed E-state index contributed by atoms with van der Waals surface area (Å²) < 4.78 is 23.4. The molecule has 7 heteroatoms. The summed E-state index contributed by atoms with van der Waals surface area (Å²) in [7, 11) is 3.02. The van der Waals surface area contributed by atoms with Gasteiger partial charge in [-0.2, -0.15) is 0 Å². The molecule has 0 radical (unpaired) electrons. The number of carbonyl (C=O) groups is 1. The van der Waals surface area contributed by atoms with E-state index in [1.165, 1.54) is 19.2 Å². The first-order chi connectivity index (χ1) is 9.58. The number of ether oxygens (including phenoxy) is 2. The smallest absolute Gasteiger partial charge is 0.221 e. The Labute approximate surface area is 117 Å². The molecule has 20 heavy (non-hydrogen) atoms. The Morgan fingerprint density at radius 3 is 2.75 bits per heavy atom. The molecule has 0 atom stereocenters. The van der Waals surface area contributed by atoms with Gasteiger partial charge in [0, 0.05) is 38.8 Å². The van der Waals surface area contributed by atoms with Crippen molar-refractivity contribution in [1.82, 2.24) is 5.32 Å². The lowest BCUT2D eigenvalue weighted by molar-refractivity contribution is -0.121. The van der Waals surface area contributed by atoms with Gasteiger partial charge >= 0.3 is 0 Å². The van der Waals surface area contributed by atoms with Crippen LogP contribution < -0.4 is 21.1 Å². The van der Waals surface area contributed by atoms with Gasteiger partial charge in [-0.25, -0.2) is 4.39 Å². The monoisotopic (exact) mass is 285 g/mol. The summed E-state index contributed by atoms with van der Waals surface area (Å²) in [5.41, 5.74) is 6.06. The molecule has 0 unspecified atom stereocenters. The standard InChI is InChI=1S/C13H20FN3O3/c1-19-6-5-17-13(18)3-4-16-11-8-12(20-2)10(15)7-9(11)14/h7-8,16H,3-6,15H2,1-2H3,(H,17,18). The highest BCUT2D eigenvalue weighted by molar-refractivity contribution is 5.76. The number of rotatable bonds is 8. The topological polar surface area (TPSA) is 85.6 Å². The fourth-order valence-corrected chi connectivity index (χ4v) is 1.57. The van der Waals surface area contributed by atoms with E-state index < -0.39 is 5.82 Å². The van der Waals surface area contributed by atoms with Crippen molar-refractivity contribution in [2.45, 2.75) is 6.42 Å². The molecule has 0 saturated heterocycles. The van der Waals surface area contributed by atoms with Crippen LogP contribution in [-0.4, -0.2) is 39.8 Å². The van der Waals surface area contributed by atoms with Crippen molar-refractivity contribution in [1.29, 1.82) is 0 Å². The number of hydrogen-bond donors (Lipinski definition) is 3. The maximum atomic E-state index is 13.6. The molecule has 0 spiro atoms. The fourth-order valence-electron chi connectivity index (χ4n) is 1.57. The van der Waals surface area contributed by atoms with Gasteiger partial charge in [0.15, 0.2) is 0 Å². The number of nitrogens with two attached hydrogens (primary N) is 1. The Hall–Kier alpha value is -2.02. The molecule has 4 N–H and O–H groups in total. The second-order valence-corrected chi connectivity index (χ2v) is 4.09. The van der Waals surface area contributed by atoms with E-state index in [-0.39, 0.29) is 23.7 Å². The summed E-state index contributed by atoms with van der Waals surface area (Å²) in [5.74, 6) is -0.223. The van der Waals surface area contributed by atoms with E-state index in [0.29, 0.717) is 25.4 Å². The first-order valence-electron chi connectivity index (χ1n) is 6.21. The molecule has 0 aliphatic carbocycles. The van der Waals surface area contributed by atoms with Crippen molar-refractivity contribution < 1.29 is 18.7 Å². The zero-order valence-electron chi connectivity index (χ0n) is 11.7. The molecule has 1 amide bonds. The minimum atomic E-state index is -0.483. The number of halogens is 1. The molecule has 0 saturated carbocycles. The summed E-state index contributed by atoms with van der Waals surface area (Å²) in [4.78, 5) is 11.4. The van der Waals surface area contributed by atoms with Gasteiger partial charge in [-0.1, -0.05) is 0 Å². The number of anilines is 2. The maximum Gasteiger partial charge on any atom is 0.221 e. The highest BCUT2D eigenvalue weighted by atomic mass is 19.1. The number of carbonyl (C=O) groups excluding carboxylic acids is 1. The molecule has 0 heterocycles. The molecule has 0 aliphatic heterocycles. The van der Waals surface area contributed by atoms with E-state index in [0.717, 1.165) is 0 Å². The van der Waals surface area contributed by atoms with E-state index in [2.05, 4.69) is 10.6 Å². The van der Waals surface area contributed by atoms with Gasteiger partial charge in [-0.3, -0.25) is 4.79 Å². The largest absolute Gasteiger partial charge is 0.495 e. The van der Waals surface area contributed by atoms with Crippen molar-refractivity contribution in [3.8, 4) is 5.75 Å². The lowest BCUT2D eigenvalue weighted by Crippen LogP contribution is -2.28. The van der Waals surface area contributed by atoms with Crippen molar-refractivity contribution in [3.63, 3.8) is 0 Å². The van der Waals surface area contributed by atoms with E-state index in [4.69, 9.17) is 15.2 Å². The quantitative estimate of drug-likeness (QED) is 0.490. The first-order valence-corrected chi connectivity index (χ1v) is 6.21. The van der Waals surface area contributed by atoms with E-state index in [1.807, 2.05) is 0 Å². The summed E-state index contributed by atoms with van der Waals surface area (Å²) in [6.45, 7) is 1.23. The van der Waals surface area contributed by atoms with Gasteiger partial charge in [0.25, 0.3) is 0 Å². The molecule has 0 bridgehead atoms. The van der Waals surface area contributed by atoms with Gasteiger partial charge in [-0.05, 0) is 0 Å². The molecule has 0 aliphatic rings. The van der Waals surface area contributed by atoms with Crippen molar-refractivity contribution >= 4 is 17.3 Å². The number of hydrogen-bond acceptors (Lipinski definition) is 5. The molecule has 1 aromatic carbocycles. The van der Waals surface area contributed by atoms with E-state index in [9.17, 15) is 9.18 Å². The molecular weight excluding hydrogens is 265 g/mol. The molecular formula is C13H20FN3O3. The average Bonchev–Trinajstić information content (AvgIpc) is 2.41. The highest BCUT2D eigenvalue weighted by Crippen LogP contribution is 2.28. The Morgan fingerprint density at radius 2 is 2.10 bits per heavy atom. The predicted octanol–water partition coefficient (Wildman–Crippen LogP) is 0.981. The van der Waals surface area contributed by atoms with Crippen LogP contribution in [0, 0.1) is 5.82 Å². The maximum absolute atomic E-state index is 13.6. The van der Waals surface area contributed by atoms with Crippen LogP contribution in [0.5, 0.6) is 5.75 Å². The second-order valence-electron chi connectivity index (χ2n) is 4.09. The van der Waals surface area contributed by atoms with Gasteiger partial charge in [0.2, 0.25) is 5.91 Å². The van der Waals surface area contributed by atoms with E-state index >= 15 is 0 Å². The average molecular weight is 285 g/mol.